The highest BCUT2D eigenvalue weighted by Crippen LogP contribution is 2.36. The summed E-state index contributed by atoms with van der Waals surface area (Å²) >= 11 is 7.61. The van der Waals surface area contributed by atoms with Crippen LogP contribution in [-0.4, -0.2) is 18.4 Å². The molecule has 0 radical (unpaired) electrons. The van der Waals surface area contributed by atoms with Crippen molar-refractivity contribution in [2.45, 2.75) is 6.54 Å². The molecule has 4 rings (SSSR count). The zero-order valence-corrected chi connectivity index (χ0v) is 15.7. The van der Waals surface area contributed by atoms with Crippen molar-refractivity contribution in [2.75, 3.05) is 16.8 Å². The van der Waals surface area contributed by atoms with Gasteiger partial charge in [-0.1, -0.05) is 35.9 Å². The van der Waals surface area contributed by atoms with Crippen molar-refractivity contribution in [2.24, 2.45) is 0 Å². The Bertz CT molecular complexity index is 1000. The molecule has 1 N–H and O–H groups in total. The second kappa shape index (κ2) is 7.42. The highest BCUT2D eigenvalue weighted by atomic mass is 35.5. The molecule has 27 heavy (non-hydrogen) atoms. The second-order valence-electron chi connectivity index (χ2n) is 5.97. The SMILES string of the molecule is O=C(Nc1ccc2c(c1)OCC(=O)N2Cc1ccccc1Cl)c1cccs1. The maximum atomic E-state index is 12.4. The van der Waals surface area contributed by atoms with Crippen molar-refractivity contribution in [3.8, 4) is 5.75 Å². The lowest BCUT2D eigenvalue weighted by molar-refractivity contribution is -0.121. The number of fused-ring (bicyclic) bond motifs is 1. The average molecular weight is 399 g/mol. The summed E-state index contributed by atoms with van der Waals surface area (Å²) in [6, 6.07) is 16.3. The van der Waals surface area contributed by atoms with Crippen LogP contribution < -0.4 is 15.0 Å². The summed E-state index contributed by atoms with van der Waals surface area (Å²) in [6.07, 6.45) is 0. The molecule has 0 unspecified atom stereocenters. The summed E-state index contributed by atoms with van der Waals surface area (Å²) in [5.41, 5.74) is 2.12. The summed E-state index contributed by atoms with van der Waals surface area (Å²) in [4.78, 5) is 26.9. The van der Waals surface area contributed by atoms with E-state index in [0.717, 1.165) is 5.56 Å². The predicted octanol–water partition coefficient (Wildman–Crippen LogP) is 4.58. The molecular weight excluding hydrogens is 384 g/mol. The minimum absolute atomic E-state index is 0.0558. The molecule has 1 aromatic heterocycles. The Balaban J connectivity index is 1.59. The smallest absolute Gasteiger partial charge is 0.265 e. The van der Waals surface area contributed by atoms with E-state index >= 15 is 0 Å². The molecule has 3 aromatic rings. The number of halogens is 1. The summed E-state index contributed by atoms with van der Waals surface area (Å²) in [6.45, 7) is 0.301. The Morgan fingerprint density at radius 3 is 2.81 bits per heavy atom. The Morgan fingerprint density at radius 2 is 2.04 bits per heavy atom. The summed E-state index contributed by atoms with van der Waals surface area (Å²) in [5, 5.41) is 5.31. The summed E-state index contributed by atoms with van der Waals surface area (Å²) in [5.74, 6) is 0.230. The van der Waals surface area contributed by atoms with E-state index in [1.54, 1.807) is 35.2 Å². The van der Waals surface area contributed by atoms with Crippen LogP contribution in [-0.2, 0) is 11.3 Å². The molecule has 136 valence electrons. The fourth-order valence-corrected chi connectivity index (χ4v) is 3.67. The topological polar surface area (TPSA) is 58.6 Å². The molecule has 2 amide bonds. The van der Waals surface area contributed by atoms with Crippen molar-refractivity contribution in [1.29, 1.82) is 0 Å². The van der Waals surface area contributed by atoms with Gasteiger partial charge in [0.25, 0.3) is 11.8 Å². The molecule has 0 saturated heterocycles. The van der Waals surface area contributed by atoms with Crippen LogP contribution >= 0.6 is 22.9 Å². The summed E-state index contributed by atoms with van der Waals surface area (Å²) in [7, 11) is 0. The Kier molecular flexibility index (Phi) is 4.83. The normalized spacial score (nSPS) is 13.1. The molecule has 0 aliphatic carbocycles. The molecule has 2 aromatic carbocycles. The van der Waals surface area contributed by atoms with E-state index < -0.39 is 0 Å². The zero-order valence-electron chi connectivity index (χ0n) is 14.1. The van der Waals surface area contributed by atoms with Gasteiger partial charge < -0.3 is 15.0 Å². The lowest BCUT2D eigenvalue weighted by Gasteiger charge is -2.30. The van der Waals surface area contributed by atoms with Crippen molar-refractivity contribution < 1.29 is 14.3 Å². The number of nitrogens with one attached hydrogen (secondary N) is 1. The number of amides is 2. The number of nitrogens with zero attached hydrogens (tertiary/aromatic N) is 1. The molecule has 7 heteroatoms. The third-order valence-electron chi connectivity index (χ3n) is 4.19. The molecule has 5 nitrogen and oxygen atoms in total. The van der Waals surface area contributed by atoms with Gasteiger partial charge in [-0.3, -0.25) is 9.59 Å². The lowest BCUT2D eigenvalue weighted by Crippen LogP contribution is -2.38. The fraction of sp³-hybridized carbons (Fsp3) is 0.100. The van der Waals surface area contributed by atoms with Gasteiger partial charge in [-0.25, -0.2) is 0 Å². The maximum absolute atomic E-state index is 12.4. The van der Waals surface area contributed by atoms with Crippen LogP contribution in [0, 0.1) is 0 Å². The molecule has 0 bridgehead atoms. The van der Waals surface area contributed by atoms with Gasteiger partial charge in [-0.05, 0) is 35.2 Å². The molecular formula is C20H15ClN2O3S. The van der Waals surface area contributed by atoms with E-state index in [1.165, 1.54) is 11.3 Å². The second-order valence-corrected chi connectivity index (χ2v) is 7.33. The zero-order chi connectivity index (χ0) is 18.8. The molecule has 0 atom stereocenters. The number of carbonyl (C=O) groups excluding carboxylic acids is 2. The quantitative estimate of drug-likeness (QED) is 0.699. The van der Waals surface area contributed by atoms with Crippen LogP contribution in [0.15, 0.2) is 60.0 Å². The van der Waals surface area contributed by atoms with Gasteiger partial charge >= 0.3 is 0 Å². The fourth-order valence-electron chi connectivity index (χ4n) is 2.85. The number of rotatable bonds is 4. The highest BCUT2D eigenvalue weighted by Gasteiger charge is 2.26. The van der Waals surface area contributed by atoms with Gasteiger partial charge in [0.05, 0.1) is 17.1 Å². The first-order valence-electron chi connectivity index (χ1n) is 8.27. The lowest BCUT2D eigenvalue weighted by atomic mass is 10.1. The van der Waals surface area contributed by atoms with Gasteiger partial charge in [0.2, 0.25) is 0 Å². The number of ether oxygens (including phenoxy) is 1. The van der Waals surface area contributed by atoms with E-state index in [0.29, 0.717) is 33.6 Å². The minimum Gasteiger partial charge on any atom is -0.481 e. The van der Waals surface area contributed by atoms with E-state index in [9.17, 15) is 9.59 Å². The minimum atomic E-state index is -0.176. The van der Waals surface area contributed by atoms with Gasteiger partial charge in [-0.2, -0.15) is 0 Å². The molecule has 2 heterocycles. The number of thiophene rings is 1. The van der Waals surface area contributed by atoms with E-state index in [4.69, 9.17) is 16.3 Å². The van der Waals surface area contributed by atoms with E-state index in [1.807, 2.05) is 29.6 Å². The number of carbonyl (C=O) groups is 2. The Hall–Kier alpha value is -2.83. The van der Waals surface area contributed by atoms with Gasteiger partial charge in [-0.15, -0.1) is 11.3 Å². The van der Waals surface area contributed by atoms with Gasteiger partial charge in [0.1, 0.15) is 5.75 Å². The monoisotopic (exact) mass is 398 g/mol. The standard InChI is InChI=1S/C20H15ClN2O3S/c21-15-5-2-1-4-13(15)11-23-16-8-7-14(10-17(16)26-12-19(23)24)22-20(25)18-6-3-9-27-18/h1-10H,11-12H2,(H,22,25). The number of hydrogen-bond acceptors (Lipinski definition) is 4. The predicted molar refractivity (Wildman–Crippen MR) is 107 cm³/mol. The summed E-state index contributed by atoms with van der Waals surface area (Å²) < 4.78 is 5.57. The highest BCUT2D eigenvalue weighted by molar-refractivity contribution is 7.12. The molecule has 1 aliphatic rings. The van der Waals surface area contributed by atoms with E-state index in [2.05, 4.69) is 5.32 Å². The Morgan fingerprint density at radius 1 is 1.19 bits per heavy atom. The van der Waals surface area contributed by atoms with Crippen molar-refractivity contribution in [3.05, 3.63) is 75.4 Å². The number of benzene rings is 2. The first kappa shape index (κ1) is 17.6. The number of anilines is 2. The molecule has 1 aliphatic heterocycles. The van der Waals surface area contributed by atoms with Crippen LogP contribution in [0.25, 0.3) is 0 Å². The maximum Gasteiger partial charge on any atom is 0.265 e. The molecule has 0 saturated carbocycles. The van der Waals surface area contributed by atoms with Crippen molar-refractivity contribution in [3.63, 3.8) is 0 Å². The first-order chi connectivity index (χ1) is 13.1. The van der Waals surface area contributed by atoms with Crippen LogP contribution in [0.4, 0.5) is 11.4 Å². The largest absolute Gasteiger partial charge is 0.481 e. The van der Waals surface area contributed by atoms with Gasteiger partial charge in [0, 0.05) is 16.8 Å². The molecule has 0 fully saturated rings. The van der Waals surface area contributed by atoms with Crippen LogP contribution in [0.1, 0.15) is 15.2 Å². The first-order valence-corrected chi connectivity index (χ1v) is 9.53. The van der Waals surface area contributed by atoms with Crippen LogP contribution in [0.3, 0.4) is 0 Å². The van der Waals surface area contributed by atoms with Crippen molar-refractivity contribution >= 4 is 46.1 Å². The molecule has 0 spiro atoms. The van der Waals surface area contributed by atoms with E-state index in [-0.39, 0.29) is 18.4 Å². The third kappa shape index (κ3) is 3.67. The van der Waals surface area contributed by atoms with Crippen LogP contribution in [0.5, 0.6) is 5.75 Å². The van der Waals surface area contributed by atoms with Gasteiger partial charge in [0.15, 0.2) is 6.61 Å². The number of hydrogen-bond donors (Lipinski definition) is 1. The van der Waals surface area contributed by atoms with Crippen LogP contribution in [0.2, 0.25) is 5.02 Å². The average Bonchev–Trinajstić information content (AvgIpc) is 3.20. The Labute approximate surface area is 165 Å². The van der Waals surface area contributed by atoms with Crippen molar-refractivity contribution in [1.82, 2.24) is 0 Å². The third-order valence-corrected chi connectivity index (χ3v) is 5.43.